The van der Waals surface area contributed by atoms with Gasteiger partial charge in [-0.15, -0.1) is 0 Å². The summed E-state index contributed by atoms with van der Waals surface area (Å²) in [6.45, 7) is 7.33. The molecule has 0 bridgehead atoms. The molecular weight excluding hydrogens is 423 g/mol. The molecule has 1 fully saturated rings. The molecule has 9 nitrogen and oxygen atoms in total. The Hall–Kier alpha value is -3.66. The van der Waals surface area contributed by atoms with Crippen molar-refractivity contribution in [3.63, 3.8) is 0 Å². The molecule has 0 saturated carbocycles. The van der Waals surface area contributed by atoms with E-state index in [0.29, 0.717) is 30.0 Å². The number of rotatable bonds is 6. The summed E-state index contributed by atoms with van der Waals surface area (Å²) in [7, 11) is 2.09. The lowest BCUT2D eigenvalue weighted by atomic mass is 10.2. The Morgan fingerprint density at radius 2 is 1.85 bits per heavy atom. The van der Waals surface area contributed by atoms with Crippen molar-refractivity contribution in [3.05, 3.63) is 59.3 Å². The average molecular weight is 451 g/mol. The van der Waals surface area contributed by atoms with Crippen LogP contribution in [0.15, 0.2) is 36.4 Å². The molecule has 0 unspecified atom stereocenters. The minimum absolute atomic E-state index is 0.104. The van der Waals surface area contributed by atoms with E-state index in [2.05, 4.69) is 47.4 Å². The van der Waals surface area contributed by atoms with Crippen molar-refractivity contribution < 1.29 is 9.18 Å². The monoisotopic (exact) mass is 450 g/mol. The third-order valence-electron chi connectivity index (χ3n) is 5.37. The maximum atomic E-state index is 14.1. The van der Waals surface area contributed by atoms with Gasteiger partial charge in [0.05, 0.1) is 5.69 Å². The van der Waals surface area contributed by atoms with Crippen molar-refractivity contribution in [3.8, 4) is 0 Å². The molecule has 1 aliphatic heterocycles. The van der Waals surface area contributed by atoms with E-state index in [1.807, 2.05) is 6.92 Å². The number of piperazine rings is 1. The molecule has 10 heteroatoms. The number of anilines is 4. The number of hydrogen-bond donors (Lipinski definition) is 2. The quantitative estimate of drug-likeness (QED) is 0.591. The number of carbonyl (C=O) groups is 1. The van der Waals surface area contributed by atoms with Gasteiger partial charge >= 0.3 is 0 Å². The lowest BCUT2D eigenvalue weighted by Gasteiger charge is -2.32. The fraction of sp³-hybridized carbons (Fsp3) is 0.348. The molecule has 0 atom stereocenters. The SMILES string of the molecule is CCc1nc(Nc2cccc(C(=O)Nc3ccc(C)cc3F)n2)nc(N2CCN(C)CC2)n1. The van der Waals surface area contributed by atoms with Crippen LogP contribution in [-0.4, -0.2) is 64.0 Å². The van der Waals surface area contributed by atoms with Crippen LogP contribution in [0.3, 0.4) is 0 Å². The number of aryl methyl sites for hydroxylation is 2. The van der Waals surface area contributed by atoms with E-state index in [1.165, 1.54) is 12.1 Å². The summed E-state index contributed by atoms with van der Waals surface area (Å²) in [5.74, 6) is 1.07. The Morgan fingerprint density at radius 1 is 1.06 bits per heavy atom. The van der Waals surface area contributed by atoms with Crippen LogP contribution in [0.5, 0.6) is 0 Å². The summed E-state index contributed by atoms with van der Waals surface area (Å²) in [6, 6.07) is 9.60. The zero-order chi connectivity index (χ0) is 23.4. The molecule has 2 aromatic heterocycles. The Bertz CT molecular complexity index is 1150. The van der Waals surface area contributed by atoms with E-state index in [0.717, 1.165) is 31.7 Å². The second-order valence-electron chi connectivity index (χ2n) is 7.99. The smallest absolute Gasteiger partial charge is 0.274 e. The highest BCUT2D eigenvalue weighted by atomic mass is 19.1. The van der Waals surface area contributed by atoms with E-state index in [1.54, 1.807) is 31.2 Å². The van der Waals surface area contributed by atoms with Crippen molar-refractivity contribution in [1.82, 2.24) is 24.8 Å². The first-order valence-electron chi connectivity index (χ1n) is 10.9. The first kappa shape index (κ1) is 22.5. The third kappa shape index (κ3) is 5.58. The zero-order valence-corrected chi connectivity index (χ0v) is 19.0. The highest BCUT2D eigenvalue weighted by Crippen LogP contribution is 2.19. The molecule has 4 rings (SSSR count). The van der Waals surface area contributed by atoms with Crippen molar-refractivity contribution in [1.29, 1.82) is 0 Å². The van der Waals surface area contributed by atoms with Crippen LogP contribution in [0.1, 0.15) is 28.8 Å². The minimum Gasteiger partial charge on any atom is -0.338 e. The van der Waals surface area contributed by atoms with Gasteiger partial charge in [0.15, 0.2) is 0 Å². The molecule has 172 valence electrons. The number of benzene rings is 1. The summed E-state index contributed by atoms with van der Waals surface area (Å²) in [4.78, 5) is 35.0. The van der Waals surface area contributed by atoms with Crippen molar-refractivity contribution in [2.24, 2.45) is 0 Å². The number of likely N-dealkylation sites (N-methyl/N-ethyl adjacent to an activating group) is 1. The van der Waals surface area contributed by atoms with E-state index < -0.39 is 11.7 Å². The number of halogens is 1. The number of pyridine rings is 1. The van der Waals surface area contributed by atoms with Gasteiger partial charge in [0, 0.05) is 32.6 Å². The molecule has 3 aromatic rings. The molecular formula is C23H27FN8O. The topological polar surface area (TPSA) is 99.2 Å². The van der Waals surface area contributed by atoms with Gasteiger partial charge in [0.2, 0.25) is 11.9 Å². The van der Waals surface area contributed by atoms with Crippen molar-refractivity contribution in [2.75, 3.05) is 48.8 Å². The largest absolute Gasteiger partial charge is 0.338 e. The summed E-state index contributed by atoms with van der Waals surface area (Å²) < 4.78 is 14.1. The third-order valence-corrected chi connectivity index (χ3v) is 5.37. The van der Waals surface area contributed by atoms with Gasteiger partial charge in [-0.2, -0.15) is 15.0 Å². The van der Waals surface area contributed by atoms with Crippen LogP contribution < -0.4 is 15.5 Å². The highest BCUT2D eigenvalue weighted by Gasteiger charge is 2.19. The highest BCUT2D eigenvalue weighted by molar-refractivity contribution is 6.03. The van der Waals surface area contributed by atoms with Crippen LogP contribution >= 0.6 is 0 Å². The summed E-state index contributed by atoms with van der Waals surface area (Å²) in [6.07, 6.45) is 0.663. The molecule has 3 heterocycles. The van der Waals surface area contributed by atoms with Gasteiger partial charge in [-0.1, -0.05) is 19.1 Å². The summed E-state index contributed by atoms with van der Waals surface area (Å²) in [5, 5.41) is 5.64. The molecule has 1 saturated heterocycles. The van der Waals surface area contributed by atoms with Gasteiger partial charge in [-0.25, -0.2) is 9.37 Å². The van der Waals surface area contributed by atoms with Crippen LogP contribution in [0.25, 0.3) is 0 Å². The van der Waals surface area contributed by atoms with Gasteiger partial charge in [0.25, 0.3) is 5.91 Å². The summed E-state index contributed by atoms with van der Waals surface area (Å²) >= 11 is 0. The molecule has 2 N–H and O–H groups in total. The van der Waals surface area contributed by atoms with E-state index >= 15 is 0 Å². The molecule has 33 heavy (non-hydrogen) atoms. The van der Waals surface area contributed by atoms with Crippen molar-refractivity contribution in [2.45, 2.75) is 20.3 Å². The fourth-order valence-corrected chi connectivity index (χ4v) is 3.42. The molecule has 1 aromatic carbocycles. The predicted octanol–water partition coefficient (Wildman–Crippen LogP) is 3.02. The number of amides is 1. The van der Waals surface area contributed by atoms with E-state index in [9.17, 15) is 9.18 Å². The van der Waals surface area contributed by atoms with E-state index in [-0.39, 0.29) is 11.4 Å². The molecule has 0 radical (unpaired) electrons. The van der Waals surface area contributed by atoms with Gasteiger partial charge in [-0.05, 0) is 43.8 Å². The number of hydrogen-bond acceptors (Lipinski definition) is 8. The second kappa shape index (κ2) is 9.86. The fourth-order valence-electron chi connectivity index (χ4n) is 3.42. The van der Waals surface area contributed by atoms with Crippen LogP contribution in [0.4, 0.5) is 27.8 Å². The molecule has 1 amide bonds. The molecule has 0 spiro atoms. The maximum Gasteiger partial charge on any atom is 0.274 e. The first-order valence-corrected chi connectivity index (χ1v) is 10.9. The minimum atomic E-state index is -0.510. The van der Waals surface area contributed by atoms with Gasteiger partial charge in [-0.3, -0.25) is 4.79 Å². The standard InChI is InChI=1S/C23H27FN8O/c1-4-19-27-22(30-23(29-19)32-12-10-31(3)11-13-32)28-20-7-5-6-18(25-20)21(33)26-17-9-8-15(2)14-16(17)24/h5-9,14H,4,10-13H2,1-3H3,(H,26,33)(H,25,27,28,29,30). The normalized spacial score (nSPS) is 14.2. The number of aromatic nitrogens is 4. The number of nitrogens with zero attached hydrogens (tertiary/aromatic N) is 6. The van der Waals surface area contributed by atoms with Gasteiger partial charge < -0.3 is 20.4 Å². The lowest BCUT2D eigenvalue weighted by Crippen LogP contribution is -2.45. The molecule has 1 aliphatic rings. The van der Waals surface area contributed by atoms with Crippen molar-refractivity contribution >= 4 is 29.3 Å². The van der Waals surface area contributed by atoms with Crippen LogP contribution in [0, 0.1) is 12.7 Å². The zero-order valence-electron chi connectivity index (χ0n) is 19.0. The van der Waals surface area contributed by atoms with Gasteiger partial charge in [0.1, 0.15) is 23.2 Å². The average Bonchev–Trinajstić information content (AvgIpc) is 2.81. The summed E-state index contributed by atoms with van der Waals surface area (Å²) in [5.41, 5.74) is 1.02. The maximum absolute atomic E-state index is 14.1. The Labute approximate surface area is 192 Å². The Balaban J connectivity index is 1.52. The van der Waals surface area contributed by atoms with Crippen LogP contribution in [-0.2, 0) is 6.42 Å². The Kier molecular flexibility index (Phi) is 6.74. The molecule has 0 aliphatic carbocycles. The van der Waals surface area contributed by atoms with Crippen LogP contribution in [0.2, 0.25) is 0 Å². The second-order valence-corrected chi connectivity index (χ2v) is 7.99. The number of nitrogens with one attached hydrogen (secondary N) is 2. The lowest BCUT2D eigenvalue weighted by molar-refractivity contribution is 0.102. The number of carbonyl (C=O) groups excluding carboxylic acids is 1. The Morgan fingerprint density at radius 3 is 2.58 bits per heavy atom. The predicted molar refractivity (Wildman–Crippen MR) is 126 cm³/mol. The first-order chi connectivity index (χ1) is 15.9. The van der Waals surface area contributed by atoms with E-state index in [4.69, 9.17) is 0 Å².